The average Bonchev–Trinajstić information content (AvgIpc) is 3.13. The summed E-state index contributed by atoms with van der Waals surface area (Å²) >= 11 is 6.10. The van der Waals surface area contributed by atoms with Crippen LogP contribution in [0.15, 0.2) is 48.7 Å². The Kier molecular flexibility index (Phi) is 5.73. The standard InChI is InChI=1S/C26H24ClFN4O2/c1-14(2)23-20(26(33)31-21-8-9-34-22-7-5-4-6-19(21)22)13-29-32-24(15(3)30-25(23)32)16-10-17(27)12-18(28)11-16/h4-7,10-14,21H,8-9H2,1-3H3,(H,31,33)/t21-/m0/s1. The number of ether oxygens (including phenoxy) is 1. The van der Waals surface area contributed by atoms with Crippen LogP contribution in [0.2, 0.25) is 5.02 Å². The van der Waals surface area contributed by atoms with E-state index in [1.165, 1.54) is 12.1 Å². The highest BCUT2D eigenvalue weighted by atomic mass is 35.5. The number of fused-ring (bicyclic) bond motifs is 2. The molecule has 1 atom stereocenters. The van der Waals surface area contributed by atoms with Crippen molar-refractivity contribution in [2.45, 2.75) is 39.2 Å². The van der Waals surface area contributed by atoms with Gasteiger partial charge in [-0.1, -0.05) is 43.6 Å². The van der Waals surface area contributed by atoms with Crippen molar-refractivity contribution in [1.82, 2.24) is 19.9 Å². The van der Waals surface area contributed by atoms with Crippen molar-refractivity contribution in [3.8, 4) is 17.0 Å². The zero-order valence-electron chi connectivity index (χ0n) is 19.1. The molecule has 0 saturated carbocycles. The fraction of sp³-hybridized carbons (Fsp3) is 0.269. The molecule has 1 aliphatic heterocycles. The molecule has 0 radical (unpaired) electrons. The lowest BCUT2D eigenvalue weighted by atomic mass is 9.97. The molecule has 1 aliphatic rings. The van der Waals surface area contributed by atoms with Crippen LogP contribution in [0.5, 0.6) is 5.75 Å². The van der Waals surface area contributed by atoms with E-state index in [0.29, 0.717) is 46.2 Å². The van der Waals surface area contributed by atoms with Gasteiger partial charge in [0.2, 0.25) is 0 Å². The summed E-state index contributed by atoms with van der Waals surface area (Å²) in [7, 11) is 0. The van der Waals surface area contributed by atoms with Crippen LogP contribution < -0.4 is 10.1 Å². The quantitative estimate of drug-likeness (QED) is 0.398. The van der Waals surface area contributed by atoms with Gasteiger partial charge >= 0.3 is 0 Å². The molecular formula is C26H24ClFN4O2. The minimum Gasteiger partial charge on any atom is -0.493 e. The summed E-state index contributed by atoms with van der Waals surface area (Å²) < 4.78 is 21.4. The van der Waals surface area contributed by atoms with Gasteiger partial charge in [0.05, 0.1) is 35.8 Å². The first-order chi connectivity index (χ1) is 16.3. The van der Waals surface area contributed by atoms with Crippen LogP contribution in [0.1, 0.15) is 59.4 Å². The molecule has 174 valence electrons. The van der Waals surface area contributed by atoms with Gasteiger partial charge in [-0.05, 0) is 37.1 Å². The lowest BCUT2D eigenvalue weighted by molar-refractivity contribution is 0.0923. The Labute approximate surface area is 201 Å². The van der Waals surface area contributed by atoms with Crippen molar-refractivity contribution in [3.63, 3.8) is 0 Å². The predicted molar refractivity (Wildman–Crippen MR) is 129 cm³/mol. The Bertz CT molecular complexity index is 1400. The number of aromatic nitrogens is 3. The van der Waals surface area contributed by atoms with Gasteiger partial charge in [0.15, 0.2) is 5.65 Å². The molecular weight excluding hydrogens is 455 g/mol. The van der Waals surface area contributed by atoms with E-state index in [1.54, 1.807) is 16.8 Å². The highest BCUT2D eigenvalue weighted by molar-refractivity contribution is 6.30. The fourth-order valence-corrected chi connectivity index (χ4v) is 4.83. The molecule has 1 amide bonds. The molecule has 0 fully saturated rings. The highest BCUT2D eigenvalue weighted by Gasteiger charge is 2.27. The largest absolute Gasteiger partial charge is 0.493 e. The molecule has 8 heteroatoms. The molecule has 0 aliphatic carbocycles. The van der Waals surface area contributed by atoms with Crippen LogP contribution in [0.4, 0.5) is 4.39 Å². The fourth-order valence-electron chi connectivity index (χ4n) is 4.61. The summed E-state index contributed by atoms with van der Waals surface area (Å²) in [5, 5.41) is 7.99. The number of nitrogens with zero attached hydrogens (tertiary/aromatic N) is 3. The number of amides is 1. The van der Waals surface area contributed by atoms with E-state index >= 15 is 0 Å². The van der Waals surface area contributed by atoms with Crippen molar-refractivity contribution < 1.29 is 13.9 Å². The van der Waals surface area contributed by atoms with E-state index in [-0.39, 0.29) is 17.9 Å². The number of para-hydroxylation sites is 1. The summed E-state index contributed by atoms with van der Waals surface area (Å²) in [5.41, 5.74) is 4.68. The van der Waals surface area contributed by atoms with Gasteiger partial charge in [0, 0.05) is 28.1 Å². The maximum absolute atomic E-state index is 14.1. The van der Waals surface area contributed by atoms with Gasteiger partial charge in [0.25, 0.3) is 5.91 Å². The smallest absolute Gasteiger partial charge is 0.253 e. The third-order valence-electron chi connectivity index (χ3n) is 6.08. The predicted octanol–water partition coefficient (Wildman–Crippen LogP) is 5.87. The number of halogens is 2. The van der Waals surface area contributed by atoms with E-state index in [1.807, 2.05) is 45.0 Å². The number of nitrogens with one attached hydrogen (secondary N) is 1. The first kappa shape index (κ1) is 22.3. The number of carbonyl (C=O) groups is 1. The number of hydrogen-bond acceptors (Lipinski definition) is 4. The molecule has 34 heavy (non-hydrogen) atoms. The lowest BCUT2D eigenvalue weighted by Gasteiger charge is -2.27. The van der Waals surface area contributed by atoms with Crippen LogP contribution in [0.3, 0.4) is 0 Å². The Balaban J connectivity index is 1.58. The minimum atomic E-state index is -0.436. The molecule has 0 bridgehead atoms. The highest BCUT2D eigenvalue weighted by Crippen LogP contribution is 2.34. The van der Waals surface area contributed by atoms with Crippen molar-refractivity contribution in [1.29, 1.82) is 0 Å². The maximum atomic E-state index is 14.1. The van der Waals surface area contributed by atoms with Crippen LogP contribution >= 0.6 is 11.6 Å². The summed E-state index contributed by atoms with van der Waals surface area (Å²) in [6, 6.07) is 11.9. The Hall–Kier alpha value is -3.45. The van der Waals surface area contributed by atoms with Crippen LogP contribution in [-0.4, -0.2) is 27.1 Å². The number of carbonyl (C=O) groups excluding carboxylic acids is 1. The first-order valence-corrected chi connectivity index (χ1v) is 11.6. The Morgan fingerprint density at radius 3 is 2.82 bits per heavy atom. The van der Waals surface area contributed by atoms with Crippen LogP contribution in [0.25, 0.3) is 16.9 Å². The molecule has 4 aromatic rings. The van der Waals surface area contributed by atoms with Gasteiger partial charge in [-0.3, -0.25) is 4.79 Å². The first-order valence-electron chi connectivity index (χ1n) is 11.2. The lowest BCUT2D eigenvalue weighted by Crippen LogP contribution is -2.33. The number of rotatable bonds is 4. The Morgan fingerprint density at radius 1 is 1.26 bits per heavy atom. The molecule has 5 rings (SSSR count). The summed E-state index contributed by atoms with van der Waals surface area (Å²) in [6.45, 7) is 6.40. The zero-order valence-corrected chi connectivity index (χ0v) is 19.9. The third kappa shape index (κ3) is 3.90. The summed E-state index contributed by atoms with van der Waals surface area (Å²) in [6.07, 6.45) is 2.25. The minimum absolute atomic E-state index is 0.000951. The number of aryl methyl sites for hydroxylation is 1. The molecule has 2 aromatic carbocycles. The van der Waals surface area contributed by atoms with Crippen LogP contribution in [0, 0.1) is 12.7 Å². The second-order valence-electron chi connectivity index (χ2n) is 8.77. The van der Waals surface area contributed by atoms with E-state index in [9.17, 15) is 9.18 Å². The number of imidazole rings is 1. The van der Waals surface area contributed by atoms with Crippen molar-refractivity contribution >= 4 is 23.2 Å². The van der Waals surface area contributed by atoms with Gasteiger partial charge < -0.3 is 10.1 Å². The monoisotopic (exact) mass is 478 g/mol. The molecule has 3 heterocycles. The molecule has 2 aromatic heterocycles. The van der Waals surface area contributed by atoms with Gasteiger partial charge in [0.1, 0.15) is 11.6 Å². The van der Waals surface area contributed by atoms with E-state index < -0.39 is 5.82 Å². The Morgan fingerprint density at radius 2 is 2.06 bits per heavy atom. The maximum Gasteiger partial charge on any atom is 0.253 e. The van der Waals surface area contributed by atoms with Crippen molar-refractivity contribution in [2.75, 3.05) is 6.61 Å². The molecule has 0 unspecified atom stereocenters. The second kappa shape index (κ2) is 8.72. The van der Waals surface area contributed by atoms with Gasteiger partial charge in [-0.25, -0.2) is 13.9 Å². The van der Waals surface area contributed by atoms with Crippen molar-refractivity contribution in [2.24, 2.45) is 0 Å². The molecule has 1 N–H and O–H groups in total. The van der Waals surface area contributed by atoms with Gasteiger partial charge in [-0.15, -0.1) is 0 Å². The average molecular weight is 479 g/mol. The van der Waals surface area contributed by atoms with E-state index in [2.05, 4.69) is 10.4 Å². The van der Waals surface area contributed by atoms with Crippen molar-refractivity contribution in [3.05, 3.63) is 81.9 Å². The van der Waals surface area contributed by atoms with E-state index in [4.69, 9.17) is 21.3 Å². The topological polar surface area (TPSA) is 68.5 Å². The molecule has 6 nitrogen and oxygen atoms in total. The van der Waals surface area contributed by atoms with E-state index in [0.717, 1.165) is 16.9 Å². The van der Waals surface area contributed by atoms with Crippen LogP contribution in [-0.2, 0) is 0 Å². The number of benzene rings is 2. The zero-order chi connectivity index (χ0) is 24.0. The number of hydrogen-bond donors (Lipinski definition) is 1. The second-order valence-corrected chi connectivity index (χ2v) is 9.20. The molecule has 0 saturated heterocycles. The SMILES string of the molecule is Cc1nc2c(C(C)C)c(C(=O)N[C@H]3CCOc4ccccc43)cnn2c1-c1cc(F)cc(Cl)c1. The normalized spacial score (nSPS) is 15.3. The van der Waals surface area contributed by atoms with Gasteiger partial charge in [-0.2, -0.15) is 5.10 Å². The summed E-state index contributed by atoms with van der Waals surface area (Å²) in [4.78, 5) is 18.2. The molecule has 0 spiro atoms. The third-order valence-corrected chi connectivity index (χ3v) is 6.30. The summed E-state index contributed by atoms with van der Waals surface area (Å²) in [5.74, 6) is 0.142.